The van der Waals surface area contributed by atoms with E-state index in [2.05, 4.69) is 37.1 Å². The third-order valence-electron chi connectivity index (χ3n) is 5.28. The molecule has 116 valence electrons. The Kier molecular flexibility index (Phi) is 4.23. The summed E-state index contributed by atoms with van der Waals surface area (Å²) in [4.78, 5) is 2.52. The quantitative estimate of drug-likeness (QED) is 0.849. The van der Waals surface area contributed by atoms with E-state index in [0.29, 0.717) is 12.1 Å². The molecule has 1 aliphatic carbocycles. The van der Waals surface area contributed by atoms with Crippen LogP contribution in [0.2, 0.25) is 0 Å². The lowest BCUT2D eigenvalue weighted by Crippen LogP contribution is -2.58. The van der Waals surface area contributed by atoms with Gasteiger partial charge in [0.2, 0.25) is 0 Å². The average Bonchev–Trinajstić information content (AvgIpc) is 2.54. The van der Waals surface area contributed by atoms with Crippen molar-refractivity contribution in [1.29, 1.82) is 0 Å². The summed E-state index contributed by atoms with van der Waals surface area (Å²) in [7, 11) is 3.98. The first-order valence-corrected chi connectivity index (χ1v) is 8.21. The molecule has 2 fully saturated rings. The van der Waals surface area contributed by atoms with Crippen LogP contribution in [0.5, 0.6) is 5.75 Å². The van der Waals surface area contributed by atoms with Gasteiger partial charge in [-0.25, -0.2) is 0 Å². The molecule has 3 heteroatoms. The van der Waals surface area contributed by atoms with Crippen LogP contribution in [0.25, 0.3) is 0 Å². The van der Waals surface area contributed by atoms with Crippen LogP contribution in [-0.4, -0.2) is 37.7 Å². The maximum absolute atomic E-state index is 6.69. The van der Waals surface area contributed by atoms with Crippen molar-refractivity contribution in [2.24, 2.45) is 0 Å². The average molecular weight is 289 g/mol. The molecular formula is C18H27NO2. The van der Waals surface area contributed by atoms with Crippen molar-refractivity contribution in [2.45, 2.75) is 56.8 Å². The highest BCUT2D eigenvalue weighted by atomic mass is 16.5. The van der Waals surface area contributed by atoms with Crippen LogP contribution >= 0.6 is 0 Å². The Hall–Kier alpha value is -1.06. The fourth-order valence-corrected chi connectivity index (χ4v) is 4.03. The van der Waals surface area contributed by atoms with Crippen molar-refractivity contribution in [2.75, 3.05) is 20.7 Å². The summed E-state index contributed by atoms with van der Waals surface area (Å²) in [6, 6.07) is 9.00. The first kappa shape index (κ1) is 14.9. The zero-order valence-electron chi connectivity index (χ0n) is 13.5. The molecule has 3 nitrogen and oxygen atoms in total. The number of rotatable bonds is 3. The van der Waals surface area contributed by atoms with E-state index < -0.39 is 0 Å². The molecule has 0 N–H and O–H groups in total. The van der Waals surface area contributed by atoms with Crippen LogP contribution in [0.1, 0.15) is 44.6 Å². The van der Waals surface area contributed by atoms with Gasteiger partial charge in [0.15, 0.2) is 0 Å². The number of methoxy groups -OCH3 is 1. The molecular weight excluding hydrogens is 262 g/mol. The minimum Gasteiger partial charge on any atom is -0.497 e. The SMILES string of the molecule is CC[C@@]1(c2cccc(OC)c2)CN(C)[C@H]2CCCC[C@@H]2O1. The van der Waals surface area contributed by atoms with Gasteiger partial charge < -0.3 is 9.47 Å². The minimum atomic E-state index is -0.193. The van der Waals surface area contributed by atoms with Gasteiger partial charge in [-0.2, -0.15) is 0 Å². The molecule has 1 aromatic carbocycles. The third kappa shape index (κ3) is 2.69. The zero-order chi connectivity index (χ0) is 14.9. The van der Waals surface area contributed by atoms with E-state index in [4.69, 9.17) is 9.47 Å². The summed E-state index contributed by atoms with van der Waals surface area (Å²) >= 11 is 0. The van der Waals surface area contributed by atoms with Gasteiger partial charge >= 0.3 is 0 Å². The molecule has 0 radical (unpaired) electrons. The molecule has 2 aliphatic rings. The number of benzene rings is 1. The molecule has 0 amide bonds. The first-order chi connectivity index (χ1) is 10.2. The van der Waals surface area contributed by atoms with Gasteiger partial charge in [-0.1, -0.05) is 31.9 Å². The Morgan fingerprint density at radius 1 is 1.33 bits per heavy atom. The lowest BCUT2D eigenvalue weighted by atomic mass is 9.83. The highest BCUT2D eigenvalue weighted by Crippen LogP contribution is 2.41. The fourth-order valence-electron chi connectivity index (χ4n) is 4.03. The predicted octanol–water partition coefficient (Wildman–Crippen LogP) is 3.57. The van der Waals surface area contributed by atoms with E-state index in [1.165, 1.54) is 31.2 Å². The monoisotopic (exact) mass is 289 g/mol. The Morgan fingerprint density at radius 2 is 2.14 bits per heavy atom. The van der Waals surface area contributed by atoms with Crippen LogP contribution in [0.15, 0.2) is 24.3 Å². The van der Waals surface area contributed by atoms with E-state index in [1.807, 2.05) is 6.07 Å². The molecule has 1 heterocycles. The van der Waals surface area contributed by atoms with Crippen molar-refractivity contribution in [1.82, 2.24) is 4.90 Å². The zero-order valence-corrected chi connectivity index (χ0v) is 13.5. The van der Waals surface area contributed by atoms with Crippen LogP contribution in [0, 0.1) is 0 Å². The number of morpholine rings is 1. The van der Waals surface area contributed by atoms with E-state index in [9.17, 15) is 0 Å². The summed E-state index contributed by atoms with van der Waals surface area (Å²) in [5.41, 5.74) is 1.06. The smallest absolute Gasteiger partial charge is 0.119 e. The van der Waals surface area contributed by atoms with Crippen molar-refractivity contribution < 1.29 is 9.47 Å². The Morgan fingerprint density at radius 3 is 2.90 bits per heavy atom. The number of likely N-dealkylation sites (N-methyl/N-ethyl adjacent to an activating group) is 1. The first-order valence-electron chi connectivity index (χ1n) is 8.21. The van der Waals surface area contributed by atoms with Crippen LogP contribution in [-0.2, 0) is 10.3 Å². The Bertz CT molecular complexity index is 490. The minimum absolute atomic E-state index is 0.193. The fraction of sp³-hybridized carbons (Fsp3) is 0.667. The van der Waals surface area contributed by atoms with Crippen LogP contribution in [0.4, 0.5) is 0 Å². The van der Waals surface area contributed by atoms with Gasteiger partial charge in [-0.3, -0.25) is 4.90 Å². The highest BCUT2D eigenvalue weighted by Gasteiger charge is 2.45. The van der Waals surface area contributed by atoms with Gasteiger partial charge in [0.25, 0.3) is 0 Å². The van der Waals surface area contributed by atoms with Gasteiger partial charge in [0.05, 0.1) is 13.2 Å². The van der Waals surface area contributed by atoms with Crippen LogP contribution < -0.4 is 4.74 Å². The number of fused-ring (bicyclic) bond motifs is 1. The molecule has 1 aliphatic heterocycles. The normalized spacial score (nSPS) is 33.5. The highest BCUT2D eigenvalue weighted by molar-refractivity contribution is 5.33. The molecule has 0 aromatic heterocycles. The predicted molar refractivity (Wildman–Crippen MR) is 84.7 cm³/mol. The molecule has 1 aromatic rings. The topological polar surface area (TPSA) is 21.7 Å². The maximum atomic E-state index is 6.69. The number of hydrogen-bond donors (Lipinski definition) is 0. The largest absolute Gasteiger partial charge is 0.497 e. The second kappa shape index (κ2) is 5.98. The molecule has 21 heavy (non-hydrogen) atoms. The summed E-state index contributed by atoms with van der Waals surface area (Å²) in [6.07, 6.45) is 6.48. The molecule has 0 unspecified atom stereocenters. The molecule has 0 spiro atoms. The van der Waals surface area contributed by atoms with E-state index in [-0.39, 0.29) is 5.60 Å². The third-order valence-corrected chi connectivity index (χ3v) is 5.28. The van der Waals surface area contributed by atoms with Gasteiger partial charge in [-0.15, -0.1) is 0 Å². The van der Waals surface area contributed by atoms with Gasteiger partial charge in [0, 0.05) is 12.6 Å². The second-order valence-electron chi connectivity index (χ2n) is 6.50. The molecule has 0 bridgehead atoms. The standard InChI is InChI=1S/C18H27NO2/c1-4-18(14-8-7-9-15(12-14)20-3)13-19(2)16-10-5-6-11-17(16)21-18/h7-9,12,16-17H,4-6,10-11,13H2,1-3H3/t16-,17-,18-/m0/s1. The number of hydrogen-bond acceptors (Lipinski definition) is 3. The maximum Gasteiger partial charge on any atom is 0.119 e. The summed E-state index contributed by atoms with van der Waals surface area (Å²) in [6.45, 7) is 3.20. The Balaban J connectivity index is 1.92. The molecule has 1 saturated carbocycles. The van der Waals surface area contributed by atoms with Crippen LogP contribution in [0.3, 0.4) is 0 Å². The van der Waals surface area contributed by atoms with E-state index in [0.717, 1.165) is 18.7 Å². The number of ether oxygens (including phenoxy) is 2. The second-order valence-corrected chi connectivity index (χ2v) is 6.50. The number of nitrogens with zero attached hydrogens (tertiary/aromatic N) is 1. The summed E-state index contributed by atoms with van der Waals surface area (Å²) < 4.78 is 12.1. The van der Waals surface area contributed by atoms with E-state index >= 15 is 0 Å². The van der Waals surface area contributed by atoms with Crippen molar-refractivity contribution in [3.8, 4) is 5.75 Å². The van der Waals surface area contributed by atoms with Crippen molar-refractivity contribution in [3.05, 3.63) is 29.8 Å². The Labute approximate surface area is 128 Å². The molecule has 3 rings (SSSR count). The molecule has 3 atom stereocenters. The van der Waals surface area contributed by atoms with Gasteiger partial charge in [0.1, 0.15) is 11.4 Å². The summed E-state index contributed by atoms with van der Waals surface area (Å²) in [5, 5.41) is 0. The van der Waals surface area contributed by atoms with Crippen molar-refractivity contribution in [3.63, 3.8) is 0 Å². The summed E-state index contributed by atoms with van der Waals surface area (Å²) in [5.74, 6) is 0.914. The van der Waals surface area contributed by atoms with Crippen molar-refractivity contribution >= 4 is 0 Å². The van der Waals surface area contributed by atoms with Gasteiger partial charge in [-0.05, 0) is 44.0 Å². The van der Waals surface area contributed by atoms with E-state index in [1.54, 1.807) is 7.11 Å². The lowest BCUT2D eigenvalue weighted by Gasteiger charge is -2.51. The molecule has 1 saturated heterocycles. The lowest BCUT2D eigenvalue weighted by molar-refractivity contribution is -0.192.